The van der Waals surface area contributed by atoms with Crippen LogP contribution in [0, 0.1) is 0 Å². The molecule has 0 saturated heterocycles. The summed E-state index contributed by atoms with van der Waals surface area (Å²) in [5.41, 5.74) is 7.72. The molecule has 0 aromatic heterocycles. The molecular weight excluding hydrogens is 300 g/mol. The average molecular weight is 307 g/mol. The zero-order valence-corrected chi connectivity index (χ0v) is 11.5. The van der Waals surface area contributed by atoms with E-state index in [4.69, 9.17) is 52.1 Å². The third kappa shape index (κ3) is 2.48. The van der Waals surface area contributed by atoms with Gasteiger partial charge in [0.05, 0.1) is 20.1 Å². The van der Waals surface area contributed by atoms with Crippen LogP contribution in [-0.2, 0) is 0 Å². The minimum Gasteiger partial charge on any atom is -0.399 e. The lowest BCUT2D eigenvalue weighted by atomic mass is 10.1. The van der Waals surface area contributed by atoms with E-state index in [0.29, 0.717) is 31.3 Å². The second-order valence-electron chi connectivity index (χ2n) is 3.47. The van der Waals surface area contributed by atoms with Gasteiger partial charge in [0, 0.05) is 11.3 Å². The van der Waals surface area contributed by atoms with Gasteiger partial charge in [0.2, 0.25) is 0 Å². The van der Waals surface area contributed by atoms with Crippen molar-refractivity contribution in [2.24, 2.45) is 0 Å². The Morgan fingerprint density at radius 1 is 0.765 bits per heavy atom. The molecule has 0 radical (unpaired) electrons. The minimum absolute atomic E-state index is 0.368. The summed E-state index contributed by atoms with van der Waals surface area (Å²) in [6.07, 6.45) is 0. The lowest BCUT2D eigenvalue weighted by molar-refractivity contribution is 1.61. The fourth-order valence-electron chi connectivity index (χ4n) is 1.48. The van der Waals surface area contributed by atoms with Crippen molar-refractivity contribution in [3.63, 3.8) is 0 Å². The highest BCUT2D eigenvalue weighted by molar-refractivity contribution is 6.50. The lowest BCUT2D eigenvalue weighted by Gasteiger charge is -2.10. The molecule has 2 aromatic rings. The first-order chi connectivity index (χ1) is 8.00. The van der Waals surface area contributed by atoms with Gasteiger partial charge in [-0.3, -0.25) is 0 Å². The number of nitrogen functional groups attached to an aromatic ring is 1. The smallest absolute Gasteiger partial charge is 0.0686 e. The van der Waals surface area contributed by atoms with Crippen molar-refractivity contribution in [2.45, 2.75) is 0 Å². The Morgan fingerprint density at radius 3 is 1.71 bits per heavy atom. The molecule has 0 fully saturated rings. The minimum atomic E-state index is 0.368. The molecule has 0 spiro atoms. The van der Waals surface area contributed by atoms with Crippen molar-refractivity contribution in [1.82, 2.24) is 0 Å². The summed E-state index contributed by atoms with van der Waals surface area (Å²) in [5.74, 6) is 0. The highest BCUT2D eigenvalue weighted by atomic mass is 35.5. The van der Waals surface area contributed by atoms with E-state index < -0.39 is 0 Å². The molecule has 1 nitrogen and oxygen atoms in total. The van der Waals surface area contributed by atoms with Gasteiger partial charge < -0.3 is 5.73 Å². The number of hydrogen-bond donors (Lipinski definition) is 1. The zero-order valence-electron chi connectivity index (χ0n) is 8.48. The number of nitrogens with two attached hydrogens (primary N) is 1. The van der Waals surface area contributed by atoms with Crippen LogP contribution < -0.4 is 5.73 Å². The molecule has 88 valence electrons. The number of benzene rings is 2. The predicted molar refractivity (Wildman–Crippen MR) is 76.3 cm³/mol. The highest BCUT2D eigenvalue weighted by Crippen LogP contribution is 2.43. The molecule has 0 aliphatic rings. The molecule has 0 heterocycles. The first kappa shape index (κ1) is 12.8. The Balaban J connectivity index is 2.70. The van der Waals surface area contributed by atoms with Crippen molar-refractivity contribution in [2.75, 3.05) is 5.73 Å². The first-order valence-corrected chi connectivity index (χ1v) is 6.21. The van der Waals surface area contributed by atoms with Crippen molar-refractivity contribution < 1.29 is 0 Å². The predicted octanol–water partition coefficient (Wildman–Crippen LogP) is 5.55. The van der Waals surface area contributed by atoms with Crippen molar-refractivity contribution in [1.29, 1.82) is 0 Å². The quantitative estimate of drug-likeness (QED) is 0.542. The summed E-state index contributed by atoms with van der Waals surface area (Å²) in [5, 5.41) is 1.50. The molecule has 0 amide bonds. The fraction of sp³-hybridized carbons (Fsp3) is 0. The van der Waals surface area contributed by atoms with Gasteiger partial charge in [-0.25, -0.2) is 0 Å². The van der Waals surface area contributed by atoms with Crippen LogP contribution in [0.25, 0.3) is 11.1 Å². The highest BCUT2D eigenvalue weighted by Gasteiger charge is 2.15. The van der Waals surface area contributed by atoms with Crippen molar-refractivity contribution >= 4 is 52.1 Å². The standard InChI is InChI=1S/C12H7Cl4N/c13-8-5-9(14)12(16)10(11(8)15)6-1-3-7(17)4-2-6/h1-5H,17H2. The summed E-state index contributed by atoms with van der Waals surface area (Å²) in [6, 6.07) is 8.67. The molecule has 0 atom stereocenters. The molecular formula is C12H7Cl4N. The van der Waals surface area contributed by atoms with Crippen LogP contribution in [0.5, 0.6) is 0 Å². The van der Waals surface area contributed by atoms with Gasteiger partial charge in [0.15, 0.2) is 0 Å². The molecule has 2 aromatic carbocycles. The van der Waals surface area contributed by atoms with E-state index in [1.807, 2.05) is 12.1 Å². The van der Waals surface area contributed by atoms with Crippen molar-refractivity contribution in [3.05, 3.63) is 50.4 Å². The summed E-state index contributed by atoms with van der Waals surface area (Å²) in [7, 11) is 0. The first-order valence-electron chi connectivity index (χ1n) is 4.69. The Hall–Kier alpha value is -0.600. The maximum absolute atomic E-state index is 6.14. The van der Waals surface area contributed by atoms with Crippen LogP contribution in [-0.4, -0.2) is 0 Å². The maximum atomic E-state index is 6.14. The van der Waals surface area contributed by atoms with Crippen molar-refractivity contribution in [3.8, 4) is 11.1 Å². The molecule has 2 N–H and O–H groups in total. The van der Waals surface area contributed by atoms with Gasteiger partial charge in [-0.05, 0) is 23.8 Å². The molecule has 2 rings (SSSR count). The monoisotopic (exact) mass is 305 g/mol. The molecule has 0 bridgehead atoms. The number of rotatable bonds is 1. The van der Waals surface area contributed by atoms with Crippen LogP contribution in [0.3, 0.4) is 0 Å². The summed E-state index contributed by atoms with van der Waals surface area (Å²) >= 11 is 24.2. The third-order valence-corrected chi connectivity index (χ3v) is 3.89. The van der Waals surface area contributed by atoms with Gasteiger partial charge in [-0.2, -0.15) is 0 Å². The van der Waals surface area contributed by atoms with Crippen LogP contribution in [0.2, 0.25) is 20.1 Å². The topological polar surface area (TPSA) is 26.0 Å². The summed E-state index contributed by atoms with van der Waals surface area (Å²) < 4.78 is 0. The van der Waals surface area contributed by atoms with E-state index in [9.17, 15) is 0 Å². The van der Waals surface area contributed by atoms with Gasteiger partial charge >= 0.3 is 0 Å². The molecule has 0 unspecified atom stereocenters. The Kier molecular flexibility index (Phi) is 3.74. The van der Waals surface area contributed by atoms with E-state index in [2.05, 4.69) is 0 Å². The van der Waals surface area contributed by atoms with Crippen LogP contribution in [0.1, 0.15) is 0 Å². The van der Waals surface area contributed by atoms with E-state index in [1.165, 1.54) is 6.07 Å². The average Bonchev–Trinajstić information content (AvgIpc) is 2.29. The van der Waals surface area contributed by atoms with E-state index >= 15 is 0 Å². The molecule has 5 heteroatoms. The number of halogens is 4. The van der Waals surface area contributed by atoms with Gasteiger partial charge in [-0.1, -0.05) is 58.5 Å². The SMILES string of the molecule is Nc1ccc(-c2c(Cl)c(Cl)cc(Cl)c2Cl)cc1. The zero-order chi connectivity index (χ0) is 12.6. The van der Waals surface area contributed by atoms with Crippen LogP contribution in [0.4, 0.5) is 5.69 Å². The van der Waals surface area contributed by atoms with E-state index in [1.54, 1.807) is 12.1 Å². The van der Waals surface area contributed by atoms with E-state index in [0.717, 1.165) is 5.56 Å². The molecule has 0 aliphatic heterocycles. The van der Waals surface area contributed by atoms with Gasteiger partial charge in [-0.15, -0.1) is 0 Å². The van der Waals surface area contributed by atoms with Crippen LogP contribution >= 0.6 is 46.4 Å². The third-order valence-electron chi connectivity index (χ3n) is 2.31. The van der Waals surface area contributed by atoms with Gasteiger partial charge in [0.1, 0.15) is 0 Å². The van der Waals surface area contributed by atoms with Crippen LogP contribution in [0.15, 0.2) is 30.3 Å². The van der Waals surface area contributed by atoms with Gasteiger partial charge in [0.25, 0.3) is 0 Å². The number of hydrogen-bond acceptors (Lipinski definition) is 1. The lowest BCUT2D eigenvalue weighted by Crippen LogP contribution is -1.87. The largest absolute Gasteiger partial charge is 0.399 e. The second kappa shape index (κ2) is 4.95. The Bertz CT molecular complexity index is 537. The molecule has 17 heavy (non-hydrogen) atoms. The second-order valence-corrected chi connectivity index (χ2v) is 5.04. The Labute approximate surface area is 119 Å². The molecule has 0 aliphatic carbocycles. The maximum Gasteiger partial charge on any atom is 0.0686 e. The number of anilines is 1. The van der Waals surface area contributed by atoms with E-state index in [-0.39, 0.29) is 0 Å². The molecule has 0 saturated carbocycles. The fourth-order valence-corrected chi connectivity index (χ4v) is 2.50. The normalized spacial score (nSPS) is 10.6. The summed E-state index contributed by atoms with van der Waals surface area (Å²) in [4.78, 5) is 0. The Morgan fingerprint density at radius 2 is 1.24 bits per heavy atom. The summed E-state index contributed by atoms with van der Waals surface area (Å²) in [6.45, 7) is 0.